The third-order valence-corrected chi connectivity index (χ3v) is 6.09. The maximum absolute atomic E-state index is 12.5. The molecule has 5 aromatic rings. The lowest BCUT2D eigenvalue weighted by Gasteiger charge is -2.17. The summed E-state index contributed by atoms with van der Waals surface area (Å²) in [5.74, 6) is 0.667. The van der Waals surface area contributed by atoms with Crippen LogP contribution in [0.5, 0.6) is 0 Å². The maximum Gasteiger partial charge on any atom is 0.228 e. The molecular weight excluding hydrogens is 436 g/mol. The molecule has 1 amide bonds. The Morgan fingerprint density at radius 2 is 1.86 bits per heavy atom. The minimum absolute atomic E-state index is 0.0746. The standard InChI is InChI=1S/C28H22N6O/c35-26(12-18-4-2-1-3-5-18)32-22-13-21(15-30-16-22)20-7-6-19-8-11-31-27(23(19)14-20)28-33-24-9-10-29-17-25(24)34-28/h1-7,9-10,13-17H,8,11-12H2,(H,32,35)(H,33,34). The van der Waals surface area contributed by atoms with Gasteiger partial charge in [-0.25, -0.2) is 4.98 Å². The van der Waals surface area contributed by atoms with Crippen molar-refractivity contribution in [1.29, 1.82) is 0 Å². The molecule has 0 atom stereocenters. The molecule has 0 saturated carbocycles. The molecule has 0 aliphatic carbocycles. The Morgan fingerprint density at radius 3 is 2.74 bits per heavy atom. The summed E-state index contributed by atoms with van der Waals surface area (Å²) in [4.78, 5) is 33.9. The first-order valence-electron chi connectivity index (χ1n) is 11.5. The topological polar surface area (TPSA) is 95.9 Å². The molecule has 0 radical (unpaired) electrons. The summed E-state index contributed by atoms with van der Waals surface area (Å²) in [5, 5.41) is 2.97. The summed E-state index contributed by atoms with van der Waals surface area (Å²) in [7, 11) is 0. The van der Waals surface area contributed by atoms with E-state index >= 15 is 0 Å². The lowest BCUT2D eigenvalue weighted by atomic mass is 9.93. The van der Waals surface area contributed by atoms with E-state index in [4.69, 9.17) is 9.98 Å². The highest BCUT2D eigenvalue weighted by atomic mass is 16.1. The highest BCUT2D eigenvalue weighted by Crippen LogP contribution is 2.28. The van der Waals surface area contributed by atoms with Crippen molar-refractivity contribution in [3.63, 3.8) is 0 Å². The van der Waals surface area contributed by atoms with Crippen LogP contribution in [0.3, 0.4) is 0 Å². The molecule has 6 rings (SSSR count). The van der Waals surface area contributed by atoms with Crippen molar-refractivity contribution in [2.75, 3.05) is 11.9 Å². The van der Waals surface area contributed by atoms with Gasteiger partial charge in [0.15, 0.2) is 5.82 Å². The van der Waals surface area contributed by atoms with Gasteiger partial charge in [0.2, 0.25) is 5.91 Å². The number of H-pyrrole nitrogens is 1. The van der Waals surface area contributed by atoms with Gasteiger partial charge < -0.3 is 10.3 Å². The quantitative estimate of drug-likeness (QED) is 0.403. The van der Waals surface area contributed by atoms with E-state index in [-0.39, 0.29) is 5.91 Å². The number of carbonyl (C=O) groups is 1. The van der Waals surface area contributed by atoms with Gasteiger partial charge in [-0.1, -0.05) is 42.5 Å². The molecule has 3 aromatic heterocycles. The predicted octanol–water partition coefficient (Wildman–Crippen LogP) is 4.59. The van der Waals surface area contributed by atoms with Crippen LogP contribution in [0.2, 0.25) is 0 Å². The van der Waals surface area contributed by atoms with Crippen LogP contribution in [0, 0.1) is 0 Å². The molecule has 1 aliphatic rings. The number of fused-ring (bicyclic) bond motifs is 2. The van der Waals surface area contributed by atoms with Crippen LogP contribution in [0.4, 0.5) is 5.69 Å². The Balaban J connectivity index is 1.28. The minimum atomic E-state index is -0.0746. The van der Waals surface area contributed by atoms with Crippen molar-refractivity contribution in [3.05, 3.63) is 108 Å². The SMILES string of the molecule is O=C(Cc1ccccc1)Nc1cncc(-c2ccc3c(c2)C(c2nc4ccncc4[nH]2)=NCC3)c1. The predicted molar refractivity (Wildman–Crippen MR) is 137 cm³/mol. The Morgan fingerprint density at radius 1 is 0.943 bits per heavy atom. The van der Waals surface area contributed by atoms with E-state index in [0.717, 1.165) is 57.8 Å². The third-order valence-electron chi connectivity index (χ3n) is 6.09. The van der Waals surface area contributed by atoms with Crippen LogP contribution in [0.25, 0.3) is 22.2 Å². The number of nitrogens with zero attached hydrogens (tertiary/aromatic N) is 4. The number of nitrogens with one attached hydrogen (secondary N) is 2. The monoisotopic (exact) mass is 458 g/mol. The van der Waals surface area contributed by atoms with Gasteiger partial charge in [0.1, 0.15) is 5.71 Å². The Kier molecular flexibility index (Phi) is 5.35. The van der Waals surface area contributed by atoms with Gasteiger partial charge >= 0.3 is 0 Å². The number of pyridine rings is 2. The van der Waals surface area contributed by atoms with E-state index < -0.39 is 0 Å². The molecule has 35 heavy (non-hydrogen) atoms. The van der Waals surface area contributed by atoms with E-state index in [9.17, 15) is 4.79 Å². The molecule has 2 aromatic carbocycles. The molecule has 170 valence electrons. The van der Waals surface area contributed by atoms with Crippen molar-refractivity contribution in [2.45, 2.75) is 12.8 Å². The zero-order valence-electron chi connectivity index (χ0n) is 18.9. The van der Waals surface area contributed by atoms with Crippen molar-refractivity contribution in [1.82, 2.24) is 19.9 Å². The maximum atomic E-state index is 12.5. The van der Waals surface area contributed by atoms with Crippen LogP contribution < -0.4 is 5.32 Å². The van der Waals surface area contributed by atoms with Gasteiger partial charge in [-0.2, -0.15) is 0 Å². The summed E-state index contributed by atoms with van der Waals surface area (Å²) in [6.45, 7) is 0.724. The number of aromatic amines is 1. The van der Waals surface area contributed by atoms with Crippen LogP contribution in [-0.4, -0.2) is 38.1 Å². The molecule has 7 nitrogen and oxygen atoms in total. The zero-order valence-corrected chi connectivity index (χ0v) is 18.9. The fourth-order valence-corrected chi connectivity index (χ4v) is 4.39. The molecule has 0 unspecified atom stereocenters. The van der Waals surface area contributed by atoms with Crippen molar-refractivity contribution in [2.24, 2.45) is 4.99 Å². The highest BCUT2D eigenvalue weighted by Gasteiger charge is 2.20. The van der Waals surface area contributed by atoms with Crippen LogP contribution >= 0.6 is 0 Å². The zero-order chi connectivity index (χ0) is 23.6. The first-order valence-corrected chi connectivity index (χ1v) is 11.5. The largest absolute Gasteiger partial charge is 0.335 e. The van der Waals surface area contributed by atoms with Crippen molar-refractivity contribution in [3.8, 4) is 11.1 Å². The normalized spacial score (nSPS) is 12.7. The second-order valence-corrected chi connectivity index (χ2v) is 8.50. The molecule has 7 heteroatoms. The van der Waals surface area contributed by atoms with Crippen LogP contribution in [0.1, 0.15) is 22.5 Å². The number of aliphatic imine (C=N–C) groups is 1. The summed E-state index contributed by atoms with van der Waals surface area (Å²) >= 11 is 0. The Bertz CT molecular complexity index is 1540. The molecular formula is C28H22N6O. The van der Waals surface area contributed by atoms with Crippen LogP contribution in [0.15, 0.2) is 90.4 Å². The number of aromatic nitrogens is 4. The van der Waals surface area contributed by atoms with Gasteiger partial charge in [0, 0.05) is 30.1 Å². The van der Waals surface area contributed by atoms with Crippen LogP contribution in [-0.2, 0) is 17.6 Å². The Hall–Kier alpha value is -4.65. The summed E-state index contributed by atoms with van der Waals surface area (Å²) in [6, 6.07) is 19.9. The number of anilines is 1. The number of amides is 1. The van der Waals surface area contributed by atoms with Gasteiger partial charge in [-0.3, -0.25) is 19.8 Å². The molecule has 0 spiro atoms. The minimum Gasteiger partial charge on any atom is -0.335 e. The number of hydrogen-bond acceptors (Lipinski definition) is 5. The molecule has 1 aliphatic heterocycles. The third kappa shape index (κ3) is 4.31. The summed E-state index contributed by atoms with van der Waals surface area (Å²) in [6.07, 6.45) is 8.18. The fraction of sp³-hybridized carbons (Fsp3) is 0.107. The lowest BCUT2D eigenvalue weighted by Crippen LogP contribution is -2.16. The average molecular weight is 459 g/mol. The molecule has 4 heterocycles. The number of benzene rings is 2. The number of imidazole rings is 1. The lowest BCUT2D eigenvalue weighted by molar-refractivity contribution is -0.115. The second kappa shape index (κ2) is 8.95. The molecule has 0 fully saturated rings. The van der Waals surface area contributed by atoms with Crippen molar-refractivity contribution < 1.29 is 4.79 Å². The molecule has 0 saturated heterocycles. The second-order valence-electron chi connectivity index (χ2n) is 8.50. The van der Waals surface area contributed by atoms with Gasteiger partial charge in [0.25, 0.3) is 0 Å². The molecule has 0 bridgehead atoms. The number of hydrogen-bond donors (Lipinski definition) is 2. The first kappa shape index (κ1) is 20.9. The van der Waals surface area contributed by atoms with E-state index in [1.54, 1.807) is 24.8 Å². The van der Waals surface area contributed by atoms with Crippen molar-refractivity contribution >= 4 is 28.3 Å². The molecule has 2 N–H and O–H groups in total. The fourth-order valence-electron chi connectivity index (χ4n) is 4.39. The first-order chi connectivity index (χ1) is 17.2. The van der Waals surface area contributed by atoms with Gasteiger partial charge in [-0.05, 0) is 41.3 Å². The number of carbonyl (C=O) groups excluding carboxylic acids is 1. The van der Waals surface area contributed by atoms with Gasteiger partial charge in [0.05, 0.1) is 35.5 Å². The van der Waals surface area contributed by atoms with Gasteiger partial charge in [-0.15, -0.1) is 0 Å². The summed E-state index contributed by atoms with van der Waals surface area (Å²) < 4.78 is 0. The highest BCUT2D eigenvalue weighted by molar-refractivity contribution is 6.13. The average Bonchev–Trinajstić information content (AvgIpc) is 3.33. The smallest absolute Gasteiger partial charge is 0.228 e. The summed E-state index contributed by atoms with van der Waals surface area (Å²) in [5.41, 5.74) is 8.45. The van der Waals surface area contributed by atoms with E-state index in [1.165, 1.54) is 5.56 Å². The number of rotatable bonds is 5. The van der Waals surface area contributed by atoms with E-state index in [2.05, 4.69) is 38.5 Å². The van der Waals surface area contributed by atoms with E-state index in [1.807, 2.05) is 42.5 Å². The Labute approximate surface area is 202 Å². The van der Waals surface area contributed by atoms with E-state index in [0.29, 0.717) is 12.1 Å².